The Morgan fingerprint density at radius 3 is 1.52 bits per heavy atom. The second-order valence-electron chi connectivity index (χ2n) is 16.4. The Hall–Kier alpha value is -8.67. The molecule has 0 bridgehead atoms. The van der Waals surface area contributed by atoms with Gasteiger partial charge in [-0.3, -0.25) is 0 Å². The van der Waals surface area contributed by atoms with E-state index in [-0.39, 0.29) is 0 Å². The molecule has 10 aromatic carbocycles. The first-order chi connectivity index (χ1) is 31.7. The van der Waals surface area contributed by atoms with Crippen LogP contribution in [0.1, 0.15) is 0 Å². The van der Waals surface area contributed by atoms with Gasteiger partial charge in [-0.05, 0) is 81.9 Å². The predicted octanol–water partition coefficient (Wildman–Crippen LogP) is 15.0. The van der Waals surface area contributed by atoms with E-state index >= 15 is 0 Å². The van der Waals surface area contributed by atoms with Crippen molar-refractivity contribution >= 4 is 65.2 Å². The van der Waals surface area contributed by atoms with Crippen molar-refractivity contribution in [2.75, 3.05) is 0 Å². The second-order valence-corrected chi connectivity index (χ2v) is 16.4. The van der Waals surface area contributed by atoms with Crippen molar-refractivity contribution in [3.63, 3.8) is 0 Å². The molecular weight excluding hydrogens is 779 g/mol. The van der Waals surface area contributed by atoms with E-state index in [2.05, 4.69) is 228 Å². The van der Waals surface area contributed by atoms with Crippen LogP contribution in [-0.4, -0.2) is 24.1 Å². The summed E-state index contributed by atoms with van der Waals surface area (Å²) in [5.74, 6) is 1.85. The minimum absolute atomic E-state index is 0.612. The molecule has 5 nitrogen and oxygen atoms in total. The highest BCUT2D eigenvalue weighted by Gasteiger charge is 2.20. The van der Waals surface area contributed by atoms with Crippen molar-refractivity contribution in [1.82, 2.24) is 24.1 Å². The Morgan fingerprint density at radius 1 is 0.266 bits per heavy atom. The third kappa shape index (κ3) is 5.75. The molecule has 0 radical (unpaired) electrons. The highest BCUT2D eigenvalue weighted by molar-refractivity contribution is 6.15. The molecule has 0 amide bonds. The van der Waals surface area contributed by atoms with Crippen LogP contribution in [0.4, 0.5) is 0 Å². The molecule has 64 heavy (non-hydrogen) atoms. The lowest BCUT2D eigenvalue weighted by Crippen LogP contribution is -2.02. The maximum Gasteiger partial charge on any atom is 0.164 e. The molecule has 5 heteroatoms. The van der Waals surface area contributed by atoms with Crippen molar-refractivity contribution < 1.29 is 0 Å². The molecule has 298 valence electrons. The number of aromatic nitrogens is 5. The number of benzene rings is 10. The summed E-state index contributed by atoms with van der Waals surface area (Å²) in [4.78, 5) is 15.9. The molecule has 0 aliphatic heterocycles. The van der Waals surface area contributed by atoms with Gasteiger partial charge in [0.05, 0.1) is 27.8 Å². The summed E-state index contributed by atoms with van der Waals surface area (Å²) in [6.07, 6.45) is 0. The lowest BCUT2D eigenvalue weighted by molar-refractivity contribution is 1.08. The van der Waals surface area contributed by atoms with Crippen LogP contribution in [0.3, 0.4) is 0 Å². The monoisotopic (exact) mass is 815 g/mol. The van der Waals surface area contributed by atoms with E-state index < -0.39 is 0 Å². The first-order valence-corrected chi connectivity index (χ1v) is 21.7. The standard InChI is InChI=1S/C59H37N5/c1-3-15-38(16-4-1)39-27-29-40(30-28-39)57-60-58(43-31-32-49-47-23-11-13-25-52(47)63(55(49)37-43)44-19-5-2-6-20-44)62-59(61-57)50-33-34-54(46-22-10-9-21-45(46)50)64-53-26-14-12-24-48(53)51-35-41-17-7-8-18-42(41)36-56(51)64/h1-37H. The third-order valence-electron chi connectivity index (χ3n) is 12.8. The van der Waals surface area contributed by atoms with E-state index in [1.807, 2.05) is 6.07 Å². The van der Waals surface area contributed by atoms with Crippen molar-refractivity contribution in [3.05, 3.63) is 224 Å². The molecule has 0 N–H and O–H groups in total. The summed E-state index contributed by atoms with van der Waals surface area (Å²) in [5.41, 5.74) is 11.9. The van der Waals surface area contributed by atoms with Gasteiger partial charge in [0.1, 0.15) is 0 Å². The van der Waals surface area contributed by atoms with Crippen LogP contribution in [-0.2, 0) is 0 Å². The van der Waals surface area contributed by atoms with Crippen LogP contribution in [0.2, 0.25) is 0 Å². The van der Waals surface area contributed by atoms with Gasteiger partial charge in [0, 0.05) is 49.3 Å². The molecule has 0 saturated heterocycles. The molecule has 0 atom stereocenters. The summed E-state index contributed by atoms with van der Waals surface area (Å²) in [6, 6.07) is 79.8. The minimum atomic E-state index is 0.612. The van der Waals surface area contributed by atoms with Gasteiger partial charge in [-0.25, -0.2) is 15.0 Å². The largest absolute Gasteiger partial charge is 0.309 e. The second kappa shape index (κ2) is 14.5. The molecule has 3 aromatic heterocycles. The van der Waals surface area contributed by atoms with E-state index in [9.17, 15) is 0 Å². The smallest absolute Gasteiger partial charge is 0.164 e. The fraction of sp³-hybridized carbons (Fsp3) is 0. The van der Waals surface area contributed by atoms with Crippen LogP contribution >= 0.6 is 0 Å². The van der Waals surface area contributed by atoms with Gasteiger partial charge < -0.3 is 9.13 Å². The molecule has 3 heterocycles. The first-order valence-electron chi connectivity index (χ1n) is 21.7. The Morgan fingerprint density at radius 2 is 0.766 bits per heavy atom. The van der Waals surface area contributed by atoms with Gasteiger partial charge in [-0.2, -0.15) is 0 Å². The number of para-hydroxylation sites is 3. The number of nitrogens with zero attached hydrogens (tertiary/aromatic N) is 5. The maximum atomic E-state index is 5.37. The predicted molar refractivity (Wildman–Crippen MR) is 265 cm³/mol. The zero-order chi connectivity index (χ0) is 42.1. The fourth-order valence-electron chi connectivity index (χ4n) is 9.75. The van der Waals surface area contributed by atoms with Gasteiger partial charge in [0.15, 0.2) is 17.5 Å². The van der Waals surface area contributed by atoms with E-state index in [0.717, 1.165) is 66.5 Å². The van der Waals surface area contributed by atoms with E-state index in [0.29, 0.717) is 17.5 Å². The fourth-order valence-corrected chi connectivity index (χ4v) is 9.75. The van der Waals surface area contributed by atoms with E-state index in [1.165, 1.54) is 37.8 Å². The highest BCUT2D eigenvalue weighted by Crippen LogP contribution is 2.40. The van der Waals surface area contributed by atoms with Gasteiger partial charge in [0.2, 0.25) is 0 Å². The normalized spacial score (nSPS) is 11.8. The van der Waals surface area contributed by atoms with E-state index in [1.54, 1.807) is 0 Å². The summed E-state index contributed by atoms with van der Waals surface area (Å²) in [6.45, 7) is 0. The zero-order valence-electron chi connectivity index (χ0n) is 34.6. The zero-order valence-corrected chi connectivity index (χ0v) is 34.6. The number of hydrogen-bond donors (Lipinski definition) is 0. The highest BCUT2D eigenvalue weighted by atomic mass is 15.0. The van der Waals surface area contributed by atoms with Crippen molar-refractivity contribution in [3.8, 4) is 56.7 Å². The van der Waals surface area contributed by atoms with Crippen LogP contribution in [0.5, 0.6) is 0 Å². The SMILES string of the molecule is c1ccc(-c2ccc(-c3nc(-c4ccc5c6ccccc6n(-c6ccccc6)c5c4)nc(-c4ccc(-n5c6ccccc6c6cc7ccccc7cc65)c5ccccc45)n3)cc2)cc1. The molecule has 0 unspecified atom stereocenters. The Labute approximate surface area is 368 Å². The summed E-state index contributed by atoms with van der Waals surface area (Å²) < 4.78 is 4.76. The molecule has 0 saturated carbocycles. The van der Waals surface area contributed by atoms with E-state index in [4.69, 9.17) is 15.0 Å². The Bertz CT molecular complexity index is 3940. The van der Waals surface area contributed by atoms with Gasteiger partial charge in [-0.1, -0.05) is 170 Å². The molecule has 0 spiro atoms. The average Bonchev–Trinajstić information content (AvgIpc) is 3.87. The van der Waals surface area contributed by atoms with Crippen LogP contribution in [0.25, 0.3) is 122 Å². The lowest BCUT2D eigenvalue weighted by atomic mass is 10.0. The number of hydrogen-bond acceptors (Lipinski definition) is 3. The lowest BCUT2D eigenvalue weighted by Gasteiger charge is -2.15. The van der Waals surface area contributed by atoms with Crippen molar-refractivity contribution in [2.45, 2.75) is 0 Å². The topological polar surface area (TPSA) is 48.5 Å². The van der Waals surface area contributed by atoms with Gasteiger partial charge in [0.25, 0.3) is 0 Å². The molecule has 0 aliphatic carbocycles. The average molecular weight is 816 g/mol. The Balaban J connectivity index is 1.03. The number of rotatable bonds is 6. The van der Waals surface area contributed by atoms with Gasteiger partial charge >= 0.3 is 0 Å². The van der Waals surface area contributed by atoms with Crippen molar-refractivity contribution in [1.29, 1.82) is 0 Å². The van der Waals surface area contributed by atoms with Crippen molar-refractivity contribution in [2.24, 2.45) is 0 Å². The molecular formula is C59H37N5. The molecule has 0 fully saturated rings. The number of fused-ring (bicyclic) bond motifs is 8. The Kier molecular flexibility index (Phi) is 8.15. The molecule has 0 aliphatic rings. The summed E-state index contributed by atoms with van der Waals surface area (Å²) in [7, 11) is 0. The van der Waals surface area contributed by atoms with Crippen LogP contribution in [0, 0.1) is 0 Å². The maximum absolute atomic E-state index is 5.37. The summed E-state index contributed by atoms with van der Waals surface area (Å²) >= 11 is 0. The van der Waals surface area contributed by atoms with Crippen LogP contribution < -0.4 is 0 Å². The third-order valence-corrected chi connectivity index (χ3v) is 12.8. The first kappa shape index (κ1) is 36.0. The quantitative estimate of drug-likeness (QED) is 0.168. The van der Waals surface area contributed by atoms with Gasteiger partial charge in [-0.15, -0.1) is 0 Å². The van der Waals surface area contributed by atoms with Crippen LogP contribution in [0.15, 0.2) is 224 Å². The molecule has 13 aromatic rings. The minimum Gasteiger partial charge on any atom is -0.309 e. The summed E-state index contributed by atoms with van der Waals surface area (Å²) in [5, 5.41) is 9.45. The molecule has 13 rings (SSSR count).